The number of hydrogen-bond acceptors (Lipinski definition) is 3. The second kappa shape index (κ2) is 7.84. The molecule has 24 heavy (non-hydrogen) atoms. The molecule has 0 aromatic heterocycles. The predicted molar refractivity (Wildman–Crippen MR) is 96.5 cm³/mol. The number of morpholine rings is 1. The third-order valence-corrected chi connectivity index (χ3v) is 4.15. The van der Waals surface area contributed by atoms with Crippen molar-refractivity contribution in [1.82, 2.24) is 5.32 Å². The quantitative estimate of drug-likeness (QED) is 0.906. The fourth-order valence-electron chi connectivity index (χ4n) is 2.84. The number of ether oxygens (including phenoxy) is 1. The van der Waals surface area contributed by atoms with Crippen LogP contribution in [0.2, 0.25) is 0 Å². The Hall–Kier alpha value is -2.53. The lowest BCUT2D eigenvalue weighted by molar-refractivity contribution is 0.123. The van der Waals surface area contributed by atoms with Gasteiger partial charge in [0.1, 0.15) is 0 Å². The van der Waals surface area contributed by atoms with E-state index >= 15 is 0 Å². The Morgan fingerprint density at radius 3 is 2.46 bits per heavy atom. The lowest BCUT2D eigenvalue weighted by Gasteiger charge is -2.30. The Kier molecular flexibility index (Phi) is 5.33. The lowest BCUT2D eigenvalue weighted by Crippen LogP contribution is -2.37. The van der Waals surface area contributed by atoms with Gasteiger partial charge in [0.25, 0.3) is 0 Å². The van der Waals surface area contributed by atoms with Gasteiger partial charge >= 0.3 is 6.03 Å². The van der Waals surface area contributed by atoms with Crippen LogP contribution in [0.5, 0.6) is 0 Å². The number of hydrogen-bond donors (Lipinski definition) is 2. The summed E-state index contributed by atoms with van der Waals surface area (Å²) in [6.45, 7) is 5.07. The van der Waals surface area contributed by atoms with Gasteiger partial charge in [-0.1, -0.05) is 42.5 Å². The molecule has 1 aliphatic rings. The minimum Gasteiger partial charge on any atom is -0.378 e. The minimum atomic E-state index is -0.202. The first-order chi connectivity index (χ1) is 11.7. The van der Waals surface area contributed by atoms with Gasteiger partial charge in [0.15, 0.2) is 0 Å². The standard InChI is InChI=1S/C19H23N3O2/c1-15(16-7-3-2-4-8-16)20-19(23)21-17-9-5-6-10-18(17)22-11-13-24-14-12-22/h2-10,15H,11-14H2,1H3,(H2,20,21,23). The molecule has 1 fully saturated rings. The number of rotatable bonds is 4. The molecule has 5 heteroatoms. The molecule has 5 nitrogen and oxygen atoms in total. The van der Waals surface area contributed by atoms with Crippen LogP contribution in [0.3, 0.4) is 0 Å². The molecule has 2 aromatic rings. The smallest absolute Gasteiger partial charge is 0.319 e. The number of amides is 2. The summed E-state index contributed by atoms with van der Waals surface area (Å²) >= 11 is 0. The van der Waals surface area contributed by atoms with Gasteiger partial charge in [0, 0.05) is 13.1 Å². The molecule has 1 atom stereocenters. The fraction of sp³-hybridized carbons (Fsp3) is 0.316. The molecule has 126 valence electrons. The molecule has 2 amide bonds. The van der Waals surface area contributed by atoms with E-state index in [9.17, 15) is 4.79 Å². The molecule has 0 spiro atoms. The summed E-state index contributed by atoms with van der Waals surface area (Å²) in [5.41, 5.74) is 2.93. The largest absolute Gasteiger partial charge is 0.378 e. The average molecular weight is 325 g/mol. The molecule has 1 saturated heterocycles. The molecular weight excluding hydrogens is 302 g/mol. The van der Waals surface area contributed by atoms with E-state index in [1.165, 1.54) is 0 Å². The van der Waals surface area contributed by atoms with E-state index in [1.54, 1.807) is 0 Å². The van der Waals surface area contributed by atoms with Crippen molar-refractivity contribution in [3.63, 3.8) is 0 Å². The van der Waals surface area contributed by atoms with Crippen LogP contribution in [0.1, 0.15) is 18.5 Å². The zero-order valence-electron chi connectivity index (χ0n) is 13.9. The molecule has 0 bridgehead atoms. The average Bonchev–Trinajstić information content (AvgIpc) is 2.63. The van der Waals surface area contributed by atoms with Crippen LogP contribution in [0.15, 0.2) is 54.6 Å². The maximum atomic E-state index is 12.4. The number of urea groups is 1. The zero-order valence-corrected chi connectivity index (χ0v) is 13.9. The van der Waals surface area contributed by atoms with E-state index in [-0.39, 0.29) is 12.1 Å². The second-order valence-electron chi connectivity index (χ2n) is 5.85. The van der Waals surface area contributed by atoms with Crippen molar-refractivity contribution in [2.75, 3.05) is 36.5 Å². The highest BCUT2D eigenvalue weighted by atomic mass is 16.5. The first-order valence-electron chi connectivity index (χ1n) is 8.28. The third kappa shape index (κ3) is 4.06. The van der Waals surface area contributed by atoms with E-state index in [0.29, 0.717) is 13.2 Å². The van der Waals surface area contributed by atoms with Gasteiger partial charge in [-0.15, -0.1) is 0 Å². The van der Waals surface area contributed by atoms with E-state index in [2.05, 4.69) is 15.5 Å². The van der Waals surface area contributed by atoms with E-state index in [1.807, 2.05) is 61.5 Å². The lowest BCUT2D eigenvalue weighted by atomic mass is 10.1. The molecule has 2 aromatic carbocycles. The first-order valence-corrected chi connectivity index (χ1v) is 8.28. The van der Waals surface area contributed by atoms with Crippen LogP contribution in [0, 0.1) is 0 Å². The fourth-order valence-corrected chi connectivity index (χ4v) is 2.84. The number of anilines is 2. The SMILES string of the molecule is CC(NC(=O)Nc1ccccc1N1CCOCC1)c1ccccc1. The van der Waals surface area contributed by atoms with E-state index in [4.69, 9.17) is 4.74 Å². The van der Waals surface area contributed by atoms with Gasteiger partial charge < -0.3 is 20.3 Å². The monoisotopic (exact) mass is 325 g/mol. The number of nitrogens with zero attached hydrogens (tertiary/aromatic N) is 1. The summed E-state index contributed by atoms with van der Waals surface area (Å²) in [6, 6.07) is 17.5. The van der Waals surface area contributed by atoms with Crippen molar-refractivity contribution < 1.29 is 9.53 Å². The van der Waals surface area contributed by atoms with Gasteiger partial charge in [0.2, 0.25) is 0 Å². The van der Waals surface area contributed by atoms with Crippen LogP contribution < -0.4 is 15.5 Å². The van der Waals surface area contributed by atoms with Gasteiger partial charge in [-0.3, -0.25) is 0 Å². The summed E-state index contributed by atoms with van der Waals surface area (Å²) in [7, 11) is 0. The van der Waals surface area contributed by atoms with Crippen molar-refractivity contribution >= 4 is 17.4 Å². The molecule has 0 radical (unpaired) electrons. The molecule has 1 aliphatic heterocycles. The minimum absolute atomic E-state index is 0.0539. The number of para-hydroxylation sites is 2. The van der Waals surface area contributed by atoms with Gasteiger partial charge in [-0.05, 0) is 24.6 Å². The first kappa shape index (κ1) is 16.3. The van der Waals surface area contributed by atoms with Crippen LogP contribution in [0.4, 0.5) is 16.2 Å². The summed E-state index contributed by atoms with van der Waals surface area (Å²) in [6.07, 6.45) is 0. The highest BCUT2D eigenvalue weighted by Gasteiger charge is 2.16. The van der Waals surface area contributed by atoms with E-state index in [0.717, 1.165) is 30.0 Å². The van der Waals surface area contributed by atoms with Crippen molar-refractivity contribution in [2.24, 2.45) is 0 Å². The Morgan fingerprint density at radius 2 is 1.71 bits per heavy atom. The normalized spacial score (nSPS) is 15.6. The van der Waals surface area contributed by atoms with Crippen LogP contribution in [0.25, 0.3) is 0 Å². The van der Waals surface area contributed by atoms with Crippen LogP contribution in [-0.2, 0) is 4.74 Å². The molecule has 2 N–H and O–H groups in total. The van der Waals surface area contributed by atoms with Gasteiger partial charge in [-0.25, -0.2) is 4.79 Å². The summed E-state index contributed by atoms with van der Waals surface area (Å²) in [4.78, 5) is 14.6. The van der Waals surface area contributed by atoms with Crippen molar-refractivity contribution in [2.45, 2.75) is 13.0 Å². The van der Waals surface area contributed by atoms with Crippen molar-refractivity contribution in [1.29, 1.82) is 0 Å². The molecule has 3 rings (SSSR count). The Morgan fingerprint density at radius 1 is 1.04 bits per heavy atom. The number of carbonyl (C=O) groups is 1. The summed E-state index contributed by atoms with van der Waals surface area (Å²) < 4.78 is 5.40. The van der Waals surface area contributed by atoms with Crippen LogP contribution >= 0.6 is 0 Å². The maximum absolute atomic E-state index is 12.4. The number of carbonyl (C=O) groups excluding carboxylic acids is 1. The Balaban J connectivity index is 1.66. The Bertz CT molecular complexity index is 669. The van der Waals surface area contributed by atoms with Gasteiger partial charge in [-0.2, -0.15) is 0 Å². The maximum Gasteiger partial charge on any atom is 0.319 e. The van der Waals surface area contributed by atoms with E-state index < -0.39 is 0 Å². The molecule has 0 saturated carbocycles. The zero-order chi connectivity index (χ0) is 16.8. The molecular formula is C19H23N3O2. The topological polar surface area (TPSA) is 53.6 Å². The van der Waals surface area contributed by atoms with Crippen molar-refractivity contribution in [3.8, 4) is 0 Å². The number of benzene rings is 2. The van der Waals surface area contributed by atoms with Crippen LogP contribution in [-0.4, -0.2) is 32.3 Å². The summed E-state index contributed by atoms with van der Waals surface area (Å²) in [5.74, 6) is 0. The van der Waals surface area contributed by atoms with Gasteiger partial charge in [0.05, 0.1) is 30.6 Å². The highest BCUT2D eigenvalue weighted by molar-refractivity contribution is 5.93. The Labute approximate surface area is 142 Å². The third-order valence-electron chi connectivity index (χ3n) is 4.15. The molecule has 0 aliphatic carbocycles. The molecule has 1 heterocycles. The number of nitrogens with one attached hydrogen (secondary N) is 2. The highest BCUT2D eigenvalue weighted by Crippen LogP contribution is 2.26. The van der Waals surface area contributed by atoms with Crippen molar-refractivity contribution in [3.05, 3.63) is 60.2 Å². The second-order valence-corrected chi connectivity index (χ2v) is 5.85. The predicted octanol–water partition coefficient (Wildman–Crippen LogP) is 3.41. The molecule has 1 unspecified atom stereocenters. The summed E-state index contributed by atoms with van der Waals surface area (Å²) in [5, 5.41) is 5.96.